The topological polar surface area (TPSA) is 82.5 Å². The molecule has 0 aliphatic rings. The molecule has 1 rings (SSSR count). The van der Waals surface area contributed by atoms with Gasteiger partial charge in [-0.3, -0.25) is 0 Å². The molecule has 0 aliphatic carbocycles. The van der Waals surface area contributed by atoms with E-state index in [4.69, 9.17) is 10.2 Å². The van der Waals surface area contributed by atoms with Crippen molar-refractivity contribution in [2.24, 2.45) is 0 Å². The van der Waals surface area contributed by atoms with E-state index in [0.29, 0.717) is 12.2 Å². The minimum absolute atomic E-state index is 0.0175. The number of carboxylic acids is 1. The van der Waals surface area contributed by atoms with Crippen molar-refractivity contribution in [1.29, 1.82) is 0 Å². The van der Waals surface area contributed by atoms with Crippen molar-refractivity contribution in [2.75, 3.05) is 11.9 Å². The lowest BCUT2D eigenvalue weighted by Gasteiger charge is -2.16. The largest absolute Gasteiger partial charge is 0.477 e. The van der Waals surface area contributed by atoms with Crippen LogP contribution in [0.5, 0.6) is 0 Å². The van der Waals surface area contributed by atoms with Crippen molar-refractivity contribution in [3.8, 4) is 0 Å². The summed E-state index contributed by atoms with van der Waals surface area (Å²) < 4.78 is 0. The third-order valence-corrected chi connectivity index (χ3v) is 2.29. The number of aliphatic hydroxyl groups is 1. The average Bonchev–Trinajstić information content (AvgIpc) is 2.29. The highest BCUT2D eigenvalue weighted by Crippen LogP contribution is 2.09. The predicted molar refractivity (Wildman–Crippen MR) is 60.6 cm³/mol. The van der Waals surface area contributed by atoms with Gasteiger partial charge in [0, 0.05) is 12.6 Å². The molecule has 0 radical (unpaired) electrons. The van der Waals surface area contributed by atoms with Crippen LogP contribution < -0.4 is 5.32 Å². The summed E-state index contributed by atoms with van der Waals surface area (Å²) in [7, 11) is 0. The van der Waals surface area contributed by atoms with Crippen molar-refractivity contribution in [3.05, 3.63) is 23.9 Å². The van der Waals surface area contributed by atoms with Crippen molar-refractivity contribution in [2.45, 2.75) is 25.8 Å². The summed E-state index contributed by atoms with van der Waals surface area (Å²) >= 11 is 0. The van der Waals surface area contributed by atoms with Crippen LogP contribution in [0.2, 0.25) is 0 Å². The Kier molecular flexibility index (Phi) is 4.72. The molecule has 1 atom stereocenters. The van der Waals surface area contributed by atoms with E-state index in [1.807, 2.05) is 6.92 Å². The van der Waals surface area contributed by atoms with Crippen LogP contribution in [0.3, 0.4) is 0 Å². The highest BCUT2D eigenvalue weighted by molar-refractivity contribution is 5.85. The van der Waals surface area contributed by atoms with Crippen LogP contribution in [0, 0.1) is 0 Å². The Morgan fingerprint density at radius 1 is 1.56 bits per heavy atom. The smallest absolute Gasteiger partial charge is 0.354 e. The lowest BCUT2D eigenvalue weighted by molar-refractivity contribution is 0.0690. The van der Waals surface area contributed by atoms with Gasteiger partial charge in [-0.05, 0) is 25.0 Å². The van der Waals surface area contributed by atoms with Gasteiger partial charge in [-0.25, -0.2) is 9.78 Å². The molecule has 3 N–H and O–H groups in total. The second kappa shape index (κ2) is 6.07. The van der Waals surface area contributed by atoms with Crippen LogP contribution >= 0.6 is 0 Å². The molecule has 0 fully saturated rings. The highest BCUT2D eigenvalue weighted by Gasteiger charge is 2.08. The van der Waals surface area contributed by atoms with Crippen LogP contribution in [0.1, 0.15) is 30.3 Å². The maximum absolute atomic E-state index is 10.7. The average molecular weight is 224 g/mol. The normalized spacial score (nSPS) is 12.1. The molecule has 0 spiro atoms. The number of carboxylic acid groups (broad SMARTS) is 1. The molecule has 0 aromatic carbocycles. The Balaban J connectivity index is 2.72. The van der Waals surface area contributed by atoms with E-state index in [-0.39, 0.29) is 18.3 Å². The first-order valence-electron chi connectivity index (χ1n) is 5.25. The molecule has 5 heteroatoms. The molecule has 1 aromatic heterocycles. The number of hydrogen-bond acceptors (Lipinski definition) is 4. The summed E-state index contributed by atoms with van der Waals surface area (Å²) in [5.41, 5.74) is 0.0175. The predicted octanol–water partition coefficient (Wildman–Crippen LogP) is 1.35. The molecule has 0 saturated heterocycles. The van der Waals surface area contributed by atoms with Gasteiger partial charge in [0.2, 0.25) is 0 Å². The Bertz CT molecular complexity index is 355. The Labute approximate surface area is 94.1 Å². The summed E-state index contributed by atoms with van der Waals surface area (Å²) in [5, 5.41) is 20.7. The third-order valence-electron chi connectivity index (χ3n) is 2.29. The first-order valence-corrected chi connectivity index (χ1v) is 5.25. The fraction of sp³-hybridized carbons (Fsp3) is 0.455. The fourth-order valence-electron chi connectivity index (χ4n) is 1.38. The zero-order chi connectivity index (χ0) is 12.0. The van der Waals surface area contributed by atoms with Gasteiger partial charge in [0.05, 0.1) is 0 Å². The van der Waals surface area contributed by atoms with Gasteiger partial charge in [0.15, 0.2) is 5.69 Å². The molecule has 1 aromatic rings. The molecule has 0 amide bonds. The molecule has 1 unspecified atom stereocenters. The molecular weight excluding hydrogens is 208 g/mol. The number of rotatable bonds is 6. The SMILES string of the molecule is CCC(CCO)Nc1cccc(C(=O)O)n1. The molecule has 0 aliphatic heterocycles. The molecular formula is C11H16N2O3. The second-order valence-electron chi connectivity index (χ2n) is 3.48. The van der Waals surface area contributed by atoms with E-state index < -0.39 is 5.97 Å². The van der Waals surface area contributed by atoms with E-state index in [1.54, 1.807) is 12.1 Å². The minimum atomic E-state index is -1.04. The molecule has 5 nitrogen and oxygen atoms in total. The Hall–Kier alpha value is -1.62. The van der Waals surface area contributed by atoms with Crippen LogP contribution in [-0.2, 0) is 0 Å². The van der Waals surface area contributed by atoms with Gasteiger partial charge in [-0.1, -0.05) is 13.0 Å². The van der Waals surface area contributed by atoms with E-state index in [1.165, 1.54) is 6.07 Å². The van der Waals surface area contributed by atoms with Gasteiger partial charge >= 0.3 is 5.97 Å². The number of aromatic nitrogens is 1. The van der Waals surface area contributed by atoms with Crippen LogP contribution in [0.25, 0.3) is 0 Å². The number of nitrogens with one attached hydrogen (secondary N) is 1. The number of carbonyl (C=O) groups is 1. The molecule has 0 bridgehead atoms. The number of pyridine rings is 1. The summed E-state index contributed by atoms with van der Waals surface area (Å²) in [6, 6.07) is 4.92. The van der Waals surface area contributed by atoms with Crippen molar-refractivity contribution >= 4 is 11.8 Å². The second-order valence-corrected chi connectivity index (χ2v) is 3.48. The number of aliphatic hydroxyl groups excluding tert-OH is 1. The summed E-state index contributed by atoms with van der Waals surface area (Å²) in [4.78, 5) is 14.7. The number of aromatic carboxylic acids is 1. The van der Waals surface area contributed by atoms with Crippen molar-refractivity contribution < 1.29 is 15.0 Å². The Morgan fingerprint density at radius 2 is 2.31 bits per heavy atom. The zero-order valence-corrected chi connectivity index (χ0v) is 9.18. The van der Waals surface area contributed by atoms with Crippen LogP contribution in [0.4, 0.5) is 5.82 Å². The van der Waals surface area contributed by atoms with Gasteiger partial charge < -0.3 is 15.5 Å². The number of nitrogens with zero attached hydrogens (tertiary/aromatic N) is 1. The van der Waals surface area contributed by atoms with Crippen molar-refractivity contribution in [3.63, 3.8) is 0 Å². The van der Waals surface area contributed by atoms with Gasteiger partial charge in [-0.2, -0.15) is 0 Å². The minimum Gasteiger partial charge on any atom is -0.477 e. The van der Waals surface area contributed by atoms with E-state index >= 15 is 0 Å². The monoisotopic (exact) mass is 224 g/mol. The molecule has 1 heterocycles. The summed E-state index contributed by atoms with van der Waals surface area (Å²) in [6.45, 7) is 2.10. The number of hydrogen-bond donors (Lipinski definition) is 3. The van der Waals surface area contributed by atoms with E-state index in [2.05, 4.69) is 10.3 Å². The third kappa shape index (κ3) is 3.51. The van der Waals surface area contributed by atoms with Crippen molar-refractivity contribution in [1.82, 2.24) is 4.98 Å². The summed E-state index contributed by atoms with van der Waals surface area (Å²) in [6.07, 6.45) is 1.47. The van der Waals surface area contributed by atoms with Crippen LogP contribution in [-0.4, -0.2) is 33.8 Å². The van der Waals surface area contributed by atoms with Gasteiger partial charge in [-0.15, -0.1) is 0 Å². The van der Waals surface area contributed by atoms with E-state index in [9.17, 15) is 4.79 Å². The summed E-state index contributed by atoms with van der Waals surface area (Å²) in [5.74, 6) is -0.515. The standard InChI is InChI=1S/C11H16N2O3/c1-2-8(6-7-14)12-10-5-3-4-9(13-10)11(15)16/h3-5,8,14H,2,6-7H2,1H3,(H,12,13)(H,15,16). The maximum atomic E-state index is 10.7. The first-order chi connectivity index (χ1) is 7.67. The maximum Gasteiger partial charge on any atom is 0.354 e. The highest BCUT2D eigenvalue weighted by atomic mass is 16.4. The number of anilines is 1. The molecule has 0 saturated carbocycles. The van der Waals surface area contributed by atoms with Gasteiger partial charge in [0.1, 0.15) is 5.82 Å². The lowest BCUT2D eigenvalue weighted by Crippen LogP contribution is -2.21. The molecule has 88 valence electrons. The zero-order valence-electron chi connectivity index (χ0n) is 9.18. The fourth-order valence-corrected chi connectivity index (χ4v) is 1.38. The van der Waals surface area contributed by atoms with E-state index in [0.717, 1.165) is 6.42 Å². The van der Waals surface area contributed by atoms with Gasteiger partial charge in [0.25, 0.3) is 0 Å². The Morgan fingerprint density at radius 3 is 2.88 bits per heavy atom. The van der Waals surface area contributed by atoms with Crippen LogP contribution in [0.15, 0.2) is 18.2 Å². The first kappa shape index (κ1) is 12.4. The molecule has 16 heavy (non-hydrogen) atoms. The lowest BCUT2D eigenvalue weighted by atomic mass is 10.1. The quantitative estimate of drug-likeness (QED) is 0.679.